The molecule has 0 unspecified atom stereocenters. The van der Waals surface area contributed by atoms with E-state index in [1.165, 1.54) is 32.1 Å². The second-order valence-corrected chi connectivity index (χ2v) is 4.83. The van der Waals surface area contributed by atoms with Gasteiger partial charge in [0.25, 0.3) is 0 Å². The number of rotatable bonds is 3. The van der Waals surface area contributed by atoms with Crippen molar-refractivity contribution in [2.24, 2.45) is 11.7 Å². The number of hydrogen-bond donors (Lipinski definition) is 1. The van der Waals surface area contributed by atoms with Gasteiger partial charge in [-0.1, -0.05) is 32.1 Å². The maximum absolute atomic E-state index is 5.92. The molecule has 1 aliphatic carbocycles. The fourth-order valence-corrected chi connectivity index (χ4v) is 1.84. The Hall–Kier alpha value is -0.0400. The summed E-state index contributed by atoms with van der Waals surface area (Å²) in [5.41, 5.74) is 5.92. The topological polar surface area (TPSA) is 26.0 Å². The van der Waals surface area contributed by atoms with E-state index in [2.05, 4.69) is 20.3 Å². The minimum Gasteiger partial charge on any atom is -0.326 e. The third-order valence-electron chi connectivity index (χ3n) is 2.63. The molecule has 0 aromatic carbocycles. The quantitative estimate of drug-likeness (QED) is 0.689. The third kappa shape index (κ3) is 4.10. The van der Waals surface area contributed by atoms with E-state index in [-0.39, 0.29) is 5.54 Å². The molecule has 1 heteroatoms. The fraction of sp³-hybridized carbons (Fsp3) is 0.909. The zero-order valence-corrected chi connectivity index (χ0v) is 8.47. The number of nitrogens with two attached hydrogens (primary N) is 1. The molecule has 1 radical (unpaired) electrons. The Bertz CT molecular complexity index is 117. The fourth-order valence-electron chi connectivity index (χ4n) is 1.84. The monoisotopic (exact) mass is 168 g/mol. The van der Waals surface area contributed by atoms with Crippen LogP contribution in [0.15, 0.2) is 0 Å². The molecule has 12 heavy (non-hydrogen) atoms. The van der Waals surface area contributed by atoms with Gasteiger partial charge in [0, 0.05) is 5.54 Å². The molecule has 2 N–H and O–H groups in total. The minimum absolute atomic E-state index is 0.00253. The molecule has 0 atom stereocenters. The van der Waals surface area contributed by atoms with E-state index in [1.54, 1.807) is 0 Å². The van der Waals surface area contributed by atoms with Gasteiger partial charge in [-0.25, -0.2) is 0 Å². The van der Waals surface area contributed by atoms with E-state index < -0.39 is 0 Å². The van der Waals surface area contributed by atoms with Gasteiger partial charge in [-0.15, -0.1) is 0 Å². The first-order valence-electron chi connectivity index (χ1n) is 5.20. The van der Waals surface area contributed by atoms with Crippen LogP contribution in [0.2, 0.25) is 0 Å². The SMILES string of the molecule is CC(C)(N)C[CH]C1CCCCC1. The Kier molecular flexibility index (Phi) is 3.57. The van der Waals surface area contributed by atoms with Gasteiger partial charge in [-0.05, 0) is 32.6 Å². The highest BCUT2D eigenvalue weighted by molar-refractivity contribution is 4.86. The normalized spacial score (nSPS) is 21.2. The highest BCUT2D eigenvalue weighted by atomic mass is 14.7. The van der Waals surface area contributed by atoms with Crippen LogP contribution in [-0.2, 0) is 0 Å². The Morgan fingerprint density at radius 2 is 1.83 bits per heavy atom. The Balaban J connectivity index is 2.13. The summed E-state index contributed by atoms with van der Waals surface area (Å²) < 4.78 is 0. The molecule has 1 saturated carbocycles. The average molecular weight is 168 g/mol. The van der Waals surface area contributed by atoms with Gasteiger partial charge in [0.2, 0.25) is 0 Å². The smallest absolute Gasteiger partial charge is 0.00998 e. The van der Waals surface area contributed by atoms with Gasteiger partial charge < -0.3 is 5.73 Å². The summed E-state index contributed by atoms with van der Waals surface area (Å²) in [7, 11) is 0. The summed E-state index contributed by atoms with van der Waals surface area (Å²) in [6.45, 7) is 4.21. The van der Waals surface area contributed by atoms with Crippen LogP contribution in [0.4, 0.5) is 0 Å². The van der Waals surface area contributed by atoms with Crippen LogP contribution in [0.5, 0.6) is 0 Å². The largest absolute Gasteiger partial charge is 0.326 e. The van der Waals surface area contributed by atoms with Crippen LogP contribution >= 0.6 is 0 Å². The van der Waals surface area contributed by atoms with Crippen molar-refractivity contribution >= 4 is 0 Å². The van der Waals surface area contributed by atoms with E-state index in [1.807, 2.05) is 0 Å². The van der Waals surface area contributed by atoms with E-state index in [0.29, 0.717) is 0 Å². The molecule has 0 aromatic rings. The minimum atomic E-state index is -0.00253. The van der Waals surface area contributed by atoms with Crippen LogP contribution in [0.3, 0.4) is 0 Å². The van der Waals surface area contributed by atoms with Gasteiger partial charge in [0.1, 0.15) is 0 Å². The van der Waals surface area contributed by atoms with Crippen molar-refractivity contribution in [3.8, 4) is 0 Å². The average Bonchev–Trinajstić information content (AvgIpc) is 2.02. The van der Waals surface area contributed by atoms with E-state index >= 15 is 0 Å². The van der Waals surface area contributed by atoms with Crippen molar-refractivity contribution < 1.29 is 0 Å². The predicted octanol–water partition coefficient (Wildman–Crippen LogP) is 2.90. The summed E-state index contributed by atoms with van der Waals surface area (Å²) in [6, 6.07) is 0. The van der Waals surface area contributed by atoms with Crippen molar-refractivity contribution in [2.45, 2.75) is 57.9 Å². The Morgan fingerprint density at radius 3 is 2.33 bits per heavy atom. The Morgan fingerprint density at radius 1 is 1.25 bits per heavy atom. The summed E-state index contributed by atoms with van der Waals surface area (Å²) in [5.74, 6) is 0.863. The van der Waals surface area contributed by atoms with Gasteiger partial charge in [0.15, 0.2) is 0 Å². The molecule has 0 spiro atoms. The van der Waals surface area contributed by atoms with Gasteiger partial charge >= 0.3 is 0 Å². The van der Waals surface area contributed by atoms with Crippen LogP contribution < -0.4 is 5.73 Å². The summed E-state index contributed by atoms with van der Waals surface area (Å²) in [6.07, 6.45) is 10.6. The molecule has 0 aliphatic heterocycles. The maximum Gasteiger partial charge on any atom is 0.00998 e. The lowest BCUT2D eigenvalue weighted by molar-refractivity contribution is 0.369. The summed E-state index contributed by atoms with van der Waals surface area (Å²) in [4.78, 5) is 0. The standard InChI is InChI=1S/C11H22N/c1-11(2,12)9-8-10-6-4-3-5-7-10/h8,10H,3-7,9,12H2,1-2H3. The molecule has 0 aromatic heterocycles. The molecular formula is C11H22N. The van der Waals surface area contributed by atoms with Crippen LogP contribution in [0.1, 0.15) is 52.4 Å². The zero-order valence-electron chi connectivity index (χ0n) is 8.47. The molecule has 1 aliphatic rings. The van der Waals surface area contributed by atoms with E-state index in [0.717, 1.165) is 12.3 Å². The van der Waals surface area contributed by atoms with Gasteiger partial charge in [0.05, 0.1) is 0 Å². The third-order valence-corrected chi connectivity index (χ3v) is 2.63. The maximum atomic E-state index is 5.92. The van der Waals surface area contributed by atoms with Crippen molar-refractivity contribution in [1.29, 1.82) is 0 Å². The number of hydrogen-bond acceptors (Lipinski definition) is 1. The van der Waals surface area contributed by atoms with Crippen molar-refractivity contribution in [1.82, 2.24) is 0 Å². The molecular weight excluding hydrogens is 146 g/mol. The molecule has 1 fully saturated rings. The first kappa shape index (κ1) is 10.0. The lowest BCUT2D eigenvalue weighted by atomic mass is 9.83. The van der Waals surface area contributed by atoms with Crippen LogP contribution in [0, 0.1) is 12.3 Å². The first-order chi connectivity index (χ1) is 5.58. The zero-order chi connectivity index (χ0) is 9.03. The van der Waals surface area contributed by atoms with E-state index in [9.17, 15) is 0 Å². The summed E-state index contributed by atoms with van der Waals surface area (Å²) >= 11 is 0. The summed E-state index contributed by atoms with van der Waals surface area (Å²) in [5, 5.41) is 0. The molecule has 71 valence electrons. The lowest BCUT2D eigenvalue weighted by Gasteiger charge is -2.25. The Labute approximate surface area is 76.7 Å². The highest BCUT2D eigenvalue weighted by Crippen LogP contribution is 2.27. The lowest BCUT2D eigenvalue weighted by Crippen LogP contribution is -2.32. The molecule has 0 heterocycles. The van der Waals surface area contributed by atoms with E-state index in [4.69, 9.17) is 5.73 Å². The van der Waals surface area contributed by atoms with Crippen molar-refractivity contribution in [2.75, 3.05) is 0 Å². The van der Waals surface area contributed by atoms with Gasteiger partial charge in [-0.3, -0.25) is 0 Å². The van der Waals surface area contributed by atoms with Crippen molar-refractivity contribution in [3.63, 3.8) is 0 Å². The predicted molar refractivity (Wildman–Crippen MR) is 53.8 cm³/mol. The first-order valence-corrected chi connectivity index (χ1v) is 5.20. The van der Waals surface area contributed by atoms with Crippen LogP contribution in [0.25, 0.3) is 0 Å². The molecule has 0 amide bonds. The van der Waals surface area contributed by atoms with Crippen molar-refractivity contribution in [3.05, 3.63) is 6.42 Å². The molecule has 0 bridgehead atoms. The van der Waals surface area contributed by atoms with Gasteiger partial charge in [-0.2, -0.15) is 0 Å². The molecule has 1 nitrogen and oxygen atoms in total. The second kappa shape index (κ2) is 4.27. The molecule has 1 rings (SSSR count). The van der Waals surface area contributed by atoms with Crippen LogP contribution in [-0.4, -0.2) is 5.54 Å². The molecule has 0 saturated heterocycles. The highest BCUT2D eigenvalue weighted by Gasteiger charge is 2.17. The second-order valence-electron chi connectivity index (χ2n) is 4.83.